The van der Waals surface area contributed by atoms with E-state index in [1.54, 1.807) is 19.3 Å². The van der Waals surface area contributed by atoms with E-state index in [0.717, 1.165) is 54.3 Å². The summed E-state index contributed by atoms with van der Waals surface area (Å²) in [5, 5.41) is 11.2. The first-order valence-electron chi connectivity index (χ1n) is 12.7. The van der Waals surface area contributed by atoms with Gasteiger partial charge in [-0.2, -0.15) is 0 Å². The Bertz CT molecular complexity index is 1370. The molecule has 4 rings (SSSR count). The van der Waals surface area contributed by atoms with Gasteiger partial charge in [-0.3, -0.25) is 15.2 Å². The van der Waals surface area contributed by atoms with Gasteiger partial charge in [0.25, 0.3) is 5.91 Å². The van der Waals surface area contributed by atoms with Gasteiger partial charge in [-0.05, 0) is 85.9 Å². The third-order valence-electron chi connectivity index (χ3n) is 6.65. The first-order chi connectivity index (χ1) is 18.8. The molecule has 1 aliphatic rings. The van der Waals surface area contributed by atoms with Gasteiger partial charge in [0.1, 0.15) is 17.1 Å². The number of carboxylic acid groups (broad SMARTS) is 1. The van der Waals surface area contributed by atoms with Gasteiger partial charge in [-0.1, -0.05) is 28.1 Å². The van der Waals surface area contributed by atoms with Crippen LogP contribution in [0.5, 0.6) is 11.5 Å². The van der Waals surface area contributed by atoms with Crippen LogP contribution in [0.3, 0.4) is 0 Å². The van der Waals surface area contributed by atoms with E-state index in [1.807, 2.05) is 48.3 Å². The first kappa shape index (κ1) is 28.0. The highest BCUT2D eigenvalue weighted by Gasteiger charge is 2.22. The second-order valence-electron chi connectivity index (χ2n) is 9.21. The molecule has 2 N–H and O–H groups in total. The summed E-state index contributed by atoms with van der Waals surface area (Å²) in [6.45, 7) is 3.96. The number of methoxy groups -OCH3 is 2. The summed E-state index contributed by atoms with van der Waals surface area (Å²) < 4.78 is 11.1. The molecule has 8 nitrogen and oxygen atoms in total. The molecule has 1 aliphatic heterocycles. The summed E-state index contributed by atoms with van der Waals surface area (Å²) in [5.74, 6) is -0.531. The number of para-hydroxylation sites is 1. The molecule has 0 radical (unpaired) electrons. The lowest BCUT2D eigenvalue weighted by molar-refractivity contribution is -0.116. The lowest BCUT2D eigenvalue weighted by atomic mass is 10.1. The highest BCUT2D eigenvalue weighted by atomic mass is 79.9. The van der Waals surface area contributed by atoms with Gasteiger partial charge in [0.15, 0.2) is 0 Å². The number of hydrogen-bond acceptors (Lipinski definition) is 6. The number of aromatic carboxylic acids is 1. The van der Waals surface area contributed by atoms with Crippen molar-refractivity contribution >= 4 is 50.9 Å². The molecule has 0 atom stereocenters. The maximum absolute atomic E-state index is 13.3. The SMILES string of the molecule is COc1ccc(N(NC(=O)C=Cc2cc(OC)c(C(=O)O)cc2Br)c2c(C)cccc2N2CCCCC2)cc1. The summed E-state index contributed by atoms with van der Waals surface area (Å²) in [6.07, 6.45) is 6.50. The number of carbonyl (C=O) groups is 2. The second kappa shape index (κ2) is 12.7. The molecular formula is C30H32BrN3O5. The van der Waals surface area contributed by atoms with Gasteiger partial charge in [-0.15, -0.1) is 0 Å². The topological polar surface area (TPSA) is 91.3 Å². The Morgan fingerprint density at radius 2 is 1.74 bits per heavy atom. The van der Waals surface area contributed by atoms with Crippen LogP contribution in [0.1, 0.15) is 40.7 Å². The van der Waals surface area contributed by atoms with Gasteiger partial charge < -0.3 is 19.5 Å². The van der Waals surface area contributed by atoms with Gasteiger partial charge in [0.05, 0.1) is 31.3 Å². The Kier molecular flexibility index (Phi) is 9.14. The lowest BCUT2D eigenvalue weighted by Gasteiger charge is -2.35. The van der Waals surface area contributed by atoms with E-state index in [1.165, 1.54) is 25.7 Å². The number of benzene rings is 3. The molecule has 39 heavy (non-hydrogen) atoms. The van der Waals surface area contributed by atoms with Crippen molar-refractivity contribution in [1.29, 1.82) is 0 Å². The van der Waals surface area contributed by atoms with Crippen molar-refractivity contribution in [3.63, 3.8) is 0 Å². The summed E-state index contributed by atoms with van der Waals surface area (Å²) in [7, 11) is 3.02. The van der Waals surface area contributed by atoms with Gasteiger partial charge in [0, 0.05) is 23.6 Å². The number of hydrogen-bond donors (Lipinski definition) is 2. The smallest absolute Gasteiger partial charge is 0.339 e. The number of halogens is 1. The van der Waals surface area contributed by atoms with E-state index in [0.29, 0.717) is 10.0 Å². The number of hydrazine groups is 1. The number of aryl methyl sites for hydroxylation is 1. The molecule has 204 valence electrons. The number of anilines is 3. The van der Waals surface area contributed by atoms with E-state index in [4.69, 9.17) is 9.47 Å². The average Bonchev–Trinajstić information content (AvgIpc) is 2.95. The molecule has 9 heteroatoms. The summed E-state index contributed by atoms with van der Waals surface area (Å²) in [4.78, 5) is 27.2. The van der Waals surface area contributed by atoms with Gasteiger partial charge in [0.2, 0.25) is 0 Å². The predicted molar refractivity (Wildman–Crippen MR) is 157 cm³/mol. The number of carbonyl (C=O) groups excluding carboxylic acids is 1. The molecule has 1 saturated heterocycles. The fourth-order valence-corrected chi connectivity index (χ4v) is 5.13. The third-order valence-corrected chi connectivity index (χ3v) is 7.34. The lowest BCUT2D eigenvalue weighted by Crippen LogP contribution is -2.40. The number of piperidine rings is 1. The zero-order valence-corrected chi connectivity index (χ0v) is 23.8. The monoisotopic (exact) mass is 593 g/mol. The minimum atomic E-state index is -1.10. The van der Waals surface area contributed by atoms with Crippen LogP contribution in [-0.4, -0.2) is 44.3 Å². The van der Waals surface area contributed by atoms with Crippen molar-refractivity contribution in [3.05, 3.63) is 81.8 Å². The van der Waals surface area contributed by atoms with Crippen molar-refractivity contribution in [2.75, 3.05) is 37.2 Å². The van der Waals surface area contributed by atoms with Gasteiger partial charge in [-0.25, -0.2) is 4.79 Å². The molecule has 1 fully saturated rings. The highest BCUT2D eigenvalue weighted by molar-refractivity contribution is 9.10. The zero-order chi connectivity index (χ0) is 27.9. The summed E-state index contributed by atoms with van der Waals surface area (Å²) >= 11 is 3.40. The van der Waals surface area contributed by atoms with Crippen LogP contribution in [0.15, 0.2) is 65.1 Å². The van der Waals surface area contributed by atoms with E-state index in [2.05, 4.69) is 32.3 Å². The Labute approximate surface area is 236 Å². The van der Waals surface area contributed by atoms with E-state index in [-0.39, 0.29) is 17.2 Å². The second-order valence-corrected chi connectivity index (χ2v) is 10.1. The van der Waals surface area contributed by atoms with Crippen LogP contribution < -0.4 is 24.8 Å². The number of carboxylic acids is 1. The molecule has 1 amide bonds. The number of rotatable bonds is 9. The zero-order valence-electron chi connectivity index (χ0n) is 22.2. The van der Waals surface area contributed by atoms with Crippen LogP contribution in [0.25, 0.3) is 6.08 Å². The fraction of sp³-hybridized carbons (Fsp3) is 0.267. The summed E-state index contributed by atoms with van der Waals surface area (Å²) in [6, 6.07) is 16.7. The molecular weight excluding hydrogens is 562 g/mol. The number of amides is 1. The fourth-order valence-electron chi connectivity index (χ4n) is 4.65. The molecule has 0 aromatic heterocycles. The predicted octanol–water partition coefficient (Wildman–Crippen LogP) is 6.35. The standard InChI is InChI=1S/C30H32BrN3O5/c1-20-8-7-9-26(33-16-5-4-6-17-33)29(20)34(22-11-13-23(38-2)14-12-22)32-28(35)15-10-21-18-27(39-3)24(30(36)37)19-25(21)31/h7-15,18-19H,4-6,16-17H2,1-3H3,(H,32,35)(H,36,37). The van der Waals surface area contributed by atoms with Gasteiger partial charge >= 0.3 is 5.97 Å². The molecule has 0 aliphatic carbocycles. The van der Waals surface area contributed by atoms with Crippen LogP contribution in [0.2, 0.25) is 0 Å². The van der Waals surface area contributed by atoms with Crippen molar-refractivity contribution in [2.24, 2.45) is 0 Å². The average molecular weight is 595 g/mol. The maximum atomic E-state index is 13.3. The van der Waals surface area contributed by atoms with Crippen molar-refractivity contribution in [3.8, 4) is 11.5 Å². The molecule has 0 saturated carbocycles. The normalized spacial score (nSPS) is 13.3. The Morgan fingerprint density at radius 1 is 1.03 bits per heavy atom. The first-order valence-corrected chi connectivity index (χ1v) is 13.5. The Balaban J connectivity index is 1.69. The van der Waals surface area contributed by atoms with Crippen molar-refractivity contribution in [2.45, 2.75) is 26.2 Å². The number of nitrogens with zero attached hydrogens (tertiary/aromatic N) is 2. The van der Waals surface area contributed by atoms with Crippen molar-refractivity contribution < 1.29 is 24.2 Å². The largest absolute Gasteiger partial charge is 0.497 e. The van der Waals surface area contributed by atoms with E-state index in [9.17, 15) is 14.7 Å². The quantitative estimate of drug-likeness (QED) is 0.221. The molecule has 0 bridgehead atoms. The van der Waals surface area contributed by atoms with Crippen LogP contribution >= 0.6 is 15.9 Å². The highest BCUT2D eigenvalue weighted by Crippen LogP contribution is 2.38. The molecule has 3 aromatic carbocycles. The summed E-state index contributed by atoms with van der Waals surface area (Å²) in [5.41, 5.74) is 7.45. The third kappa shape index (κ3) is 6.54. The molecule has 1 heterocycles. The number of ether oxygens (including phenoxy) is 2. The minimum absolute atomic E-state index is 0.0291. The van der Waals surface area contributed by atoms with Crippen LogP contribution in [-0.2, 0) is 4.79 Å². The maximum Gasteiger partial charge on any atom is 0.339 e. The van der Waals surface area contributed by atoms with Crippen LogP contribution in [0.4, 0.5) is 17.1 Å². The Hall–Kier alpha value is -3.98. The van der Waals surface area contributed by atoms with E-state index >= 15 is 0 Å². The van der Waals surface area contributed by atoms with E-state index < -0.39 is 5.97 Å². The minimum Gasteiger partial charge on any atom is -0.497 e. The Morgan fingerprint density at radius 3 is 2.38 bits per heavy atom. The van der Waals surface area contributed by atoms with Crippen LogP contribution in [0, 0.1) is 6.92 Å². The van der Waals surface area contributed by atoms with Crippen molar-refractivity contribution in [1.82, 2.24) is 5.43 Å². The molecule has 0 unspecified atom stereocenters. The molecule has 0 spiro atoms. The number of nitrogens with one attached hydrogen (secondary N) is 1. The molecule has 3 aromatic rings.